The molecule has 0 aliphatic carbocycles. The summed E-state index contributed by atoms with van der Waals surface area (Å²) in [5, 5.41) is 14.1. The van der Waals surface area contributed by atoms with Crippen molar-refractivity contribution in [1.82, 2.24) is 5.32 Å². The van der Waals surface area contributed by atoms with Crippen molar-refractivity contribution in [2.24, 2.45) is 0 Å². The lowest BCUT2D eigenvalue weighted by Gasteiger charge is -2.11. The van der Waals surface area contributed by atoms with E-state index in [2.05, 4.69) is 5.32 Å². The zero-order valence-electron chi connectivity index (χ0n) is 16.2. The molecule has 29 heavy (non-hydrogen) atoms. The average molecular weight is 402 g/mol. The first-order valence-electron chi connectivity index (χ1n) is 9.06. The fourth-order valence-electron chi connectivity index (χ4n) is 3.06. The van der Waals surface area contributed by atoms with Crippen molar-refractivity contribution in [1.29, 1.82) is 0 Å². The number of nitrogens with zero attached hydrogens (tertiary/aromatic N) is 1. The van der Waals surface area contributed by atoms with Crippen LogP contribution < -0.4 is 24.3 Å². The maximum atomic E-state index is 12.1. The molecular weight excluding hydrogens is 380 g/mol. The Bertz CT molecular complexity index is 914. The van der Waals surface area contributed by atoms with E-state index < -0.39 is 4.92 Å². The Morgan fingerprint density at radius 2 is 1.83 bits per heavy atom. The lowest BCUT2D eigenvalue weighted by atomic mass is 10.1. The number of benzene rings is 2. The van der Waals surface area contributed by atoms with E-state index in [1.807, 2.05) is 18.2 Å². The zero-order chi connectivity index (χ0) is 20.8. The molecule has 0 unspecified atom stereocenters. The van der Waals surface area contributed by atoms with Gasteiger partial charge in [0.25, 0.3) is 5.69 Å². The molecule has 154 valence electrons. The van der Waals surface area contributed by atoms with Crippen LogP contribution in [0.15, 0.2) is 30.3 Å². The van der Waals surface area contributed by atoms with Crippen LogP contribution >= 0.6 is 0 Å². The normalized spacial score (nSPS) is 11.8. The fraction of sp³-hybridized carbons (Fsp3) is 0.350. The Kier molecular flexibility index (Phi) is 6.38. The standard InChI is InChI=1S/C20H22N2O7/c1-26-17-10-14(15(22(24)25)11-18(17)27-2)7-8-21-20(23)6-4-13-3-5-16-19(9-13)29-12-28-16/h3,5,9-11H,4,6-8,12H2,1-2H3,(H,21,23). The second-order valence-electron chi connectivity index (χ2n) is 6.38. The van der Waals surface area contributed by atoms with E-state index in [4.69, 9.17) is 18.9 Å². The number of aryl methyl sites for hydroxylation is 1. The summed E-state index contributed by atoms with van der Waals surface area (Å²) < 4.78 is 20.9. The van der Waals surface area contributed by atoms with Crippen LogP contribution in [-0.4, -0.2) is 38.4 Å². The number of hydrogen-bond donors (Lipinski definition) is 1. The Morgan fingerprint density at radius 3 is 2.55 bits per heavy atom. The topological polar surface area (TPSA) is 109 Å². The molecular formula is C20H22N2O7. The van der Waals surface area contributed by atoms with E-state index in [0.29, 0.717) is 42.1 Å². The van der Waals surface area contributed by atoms with Crippen molar-refractivity contribution in [3.8, 4) is 23.0 Å². The molecule has 0 saturated carbocycles. The summed E-state index contributed by atoms with van der Waals surface area (Å²) in [6, 6.07) is 8.48. The third kappa shape index (κ3) is 4.87. The molecule has 1 amide bonds. The first kappa shape index (κ1) is 20.2. The predicted molar refractivity (Wildman–Crippen MR) is 104 cm³/mol. The van der Waals surface area contributed by atoms with Crippen LogP contribution in [0, 0.1) is 10.1 Å². The summed E-state index contributed by atoms with van der Waals surface area (Å²) in [6.07, 6.45) is 1.15. The monoisotopic (exact) mass is 402 g/mol. The molecule has 2 aromatic carbocycles. The second kappa shape index (κ2) is 9.13. The van der Waals surface area contributed by atoms with Crippen LogP contribution in [0.5, 0.6) is 23.0 Å². The third-order valence-electron chi connectivity index (χ3n) is 4.58. The lowest BCUT2D eigenvalue weighted by Crippen LogP contribution is -2.26. The van der Waals surface area contributed by atoms with E-state index in [1.54, 1.807) is 6.07 Å². The van der Waals surface area contributed by atoms with E-state index in [0.717, 1.165) is 5.56 Å². The number of hydrogen-bond acceptors (Lipinski definition) is 7. The average Bonchev–Trinajstić information content (AvgIpc) is 3.19. The van der Waals surface area contributed by atoms with Gasteiger partial charge in [-0.05, 0) is 36.6 Å². The quantitative estimate of drug-likeness (QED) is 0.507. The number of ether oxygens (including phenoxy) is 4. The SMILES string of the molecule is COc1cc(CCNC(=O)CCc2ccc3c(c2)OCO3)c([N+](=O)[O-])cc1OC. The Hall–Kier alpha value is -3.49. The molecule has 0 aromatic heterocycles. The highest BCUT2D eigenvalue weighted by atomic mass is 16.7. The number of nitro benzene ring substituents is 1. The molecule has 3 rings (SSSR count). The van der Waals surface area contributed by atoms with Crippen molar-refractivity contribution in [3.63, 3.8) is 0 Å². The molecule has 0 radical (unpaired) electrons. The number of fused-ring (bicyclic) bond motifs is 1. The Morgan fingerprint density at radius 1 is 1.10 bits per heavy atom. The highest BCUT2D eigenvalue weighted by Gasteiger charge is 2.19. The number of amides is 1. The van der Waals surface area contributed by atoms with Crippen LogP contribution in [0.25, 0.3) is 0 Å². The molecule has 0 fully saturated rings. The first-order valence-corrected chi connectivity index (χ1v) is 9.06. The van der Waals surface area contributed by atoms with Gasteiger partial charge in [0.05, 0.1) is 25.2 Å². The van der Waals surface area contributed by atoms with Gasteiger partial charge in [-0.25, -0.2) is 0 Å². The van der Waals surface area contributed by atoms with Crippen LogP contribution in [0.3, 0.4) is 0 Å². The van der Waals surface area contributed by atoms with Crippen LogP contribution in [0.2, 0.25) is 0 Å². The Labute approximate surface area is 167 Å². The number of rotatable bonds is 9. The van der Waals surface area contributed by atoms with Gasteiger partial charge in [0.1, 0.15) is 0 Å². The van der Waals surface area contributed by atoms with Crippen molar-refractivity contribution >= 4 is 11.6 Å². The van der Waals surface area contributed by atoms with E-state index in [-0.39, 0.29) is 30.7 Å². The van der Waals surface area contributed by atoms with Gasteiger partial charge in [-0.3, -0.25) is 14.9 Å². The molecule has 1 aliphatic rings. The minimum Gasteiger partial charge on any atom is -0.493 e. The zero-order valence-corrected chi connectivity index (χ0v) is 16.2. The second-order valence-corrected chi connectivity index (χ2v) is 6.38. The molecule has 0 spiro atoms. The number of nitro groups is 1. The molecule has 9 nitrogen and oxygen atoms in total. The molecule has 0 atom stereocenters. The van der Waals surface area contributed by atoms with Gasteiger partial charge in [-0.15, -0.1) is 0 Å². The molecule has 1 heterocycles. The summed E-state index contributed by atoms with van der Waals surface area (Å²) in [6.45, 7) is 0.484. The summed E-state index contributed by atoms with van der Waals surface area (Å²) in [5.74, 6) is 1.95. The smallest absolute Gasteiger partial charge is 0.276 e. The fourth-order valence-corrected chi connectivity index (χ4v) is 3.06. The van der Waals surface area contributed by atoms with Gasteiger partial charge in [0.2, 0.25) is 12.7 Å². The minimum absolute atomic E-state index is 0.0720. The van der Waals surface area contributed by atoms with E-state index >= 15 is 0 Å². The summed E-state index contributed by atoms with van der Waals surface area (Å²) in [7, 11) is 2.88. The van der Waals surface area contributed by atoms with Gasteiger partial charge in [0.15, 0.2) is 23.0 Å². The number of nitrogens with one attached hydrogen (secondary N) is 1. The van der Waals surface area contributed by atoms with Crippen LogP contribution in [-0.2, 0) is 17.6 Å². The van der Waals surface area contributed by atoms with Gasteiger partial charge < -0.3 is 24.3 Å². The third-order valence-corrected chi connectivity index (χ3v) is 4.58. The van der Waals surface area contributed by atoms with Gasteiger partial charge in [0, 0.05) is 18.5 Å². The largest absolute Gasteiger partial charge is 0.493 e. The van der Waals surface area contributed by atoms with Crippen molar-refractivity contribution < 1.29 is 28.7 Å². The van der Waals surface area contributed by atoms with E-state index in [9.17, 15) is 14.9 Å². The number of methoxy groups -OCH3 is 2. The highest BCUT2D eigenvalue weighted by molar-refractivity contribution is 5.76. The van der Waals surface area contributed by atoms with Crippen molar-refractivity contribution in [3.05, 3.63) is 51.6 Å². The minimum atomic E-state index is -0.473. The van der Waals surface area contributed by atoms with Crippen LogP contribution in [0.4, 0.5) is 5.69 Å². The first-order chi connectivity index (χ1) is 14.0. The summed E-state index contributed by atoms with van der Waals surface area (Å²) >= 11 is 0. The number of carbonyl (C=O) groups is 1. The van der Waals surface area contributed by atoms with Gasteiger partial charge in [-0.1, -0.05) is 6.07 Å². The van der Waals surface area contributed by atoms with E-state index in [1.165, 1.54) is 20.3 Å². The van der Waals surface area contributed by atoms with Crippen molar-refractivity contribution in [2.45, 2.75) is 19.3 Å². The molecule has 9 heteroatoms. The maximum Gasteiger partial charge on any atom is 0.276 e. The lowest BCUT2D eigenvalue weighted by molar-refractivity contribution is -0.385. The maximum absolute atomic E-state index is 12.1. The molecule has 1 N–H and O–H groups in total. The summed E-state index contributed by atoms with van der Waals surface area (Å²) in [5.41, 5.74) is 1.36. The Balaban J connectivity index is 1.54. The number of carbonyl (C=O) groups excluding carboxylic acids is 1. The van der Waals surface area contributed by atoms with Gasteiger partial charge >= 0.3 is 0 Å². The summed E-state index contributed by atoms with van der Waals surface area (Å²) in [4.78, 5) is 23.0. The van der Waals surface area contributed by atoms with Gasteiger partial charge in [-0.2, -0.15) is 0 Å². The highest BCUT2D eigenvalue weighted by Crippen LogP contribution is 2.35. The molecule has 0 bridgehead atoms. The predicted octanol–water partition coefficient (Wildman–Crippen LogP) is 2.63. The molecule has 2 aromatic rings. The van der Waals surface area contributed by atoms with Crippen LogP contribution in [0.1, 0.15) is 17.5 Å². The van der Waals surface area contributed by atoms with Crippen molar-refractivity contribution in [2.75, 3.05) is 27.6 Å². The molecule has 0 saturated heterocycles. The molecule has 1 aliphatic heterocycles.